The number of Topliss-reactive ketones (excluding diaryl/α,β-unsaturated/α-hetero) is 1. The van der Waals surface area contributed by atoms with Crippen LogP contribution in [-0.2, 0) is 11.3 Å². The molecule has 0 saturated carbocycles. The van der Waals surface area contributed by atoms with Crippen LogP contribution in [0.3, 0.4) is 0 Å². The Morgan fingerprint density at radius 1 is 1.00 bits per heavy atom. The molecule has 2 rings (SSSR count). The van der Waals surface area contributed by atoms with E-state index in [0.717, 1.165) is 5.56 Å². The Kier molecular flexibility index (Phi) is 5.66. The van der Waals surface area contributed by atoms with Gasteiger partial charge in [0.2, 0.25) is 5.91 Å². The molecule has 23 heavy (non-hydrogen) atoms. The minimum atomic E-state index is -0.316. The van der Waals surface area contributed by atoms with Gasteiger partial charge in [0, 0.05) is 17.8 Å². The Morgan fingerprint density at radius 2 is 1.61 bits per heavy atom. The highest BCUT2D eigenvalue weighted by Crippen LogP contribution is 2.10. The lowest BCUT2D eigenvalue weighted by Gasteiger charge is -2.14. The zero-order valence-corrected chi connectivity index (χ0v) is 13.7. The van der Waals surface area contributed by atoms with E-state index in [0.29, 0.717) is 17.8 Å². The van der Waals surface area contributed by atoms with Gasteiger partial charge < -0.3 is 10.6 Å². The van der Waals surface area contributed by atoms with Crippen LogP contribution in [0.25, 0.3) is 0 Å². The van der Waals surface area contributed by atoms with Gasteiger partial charge in [0.25, 0.3) is 0 Å². The van der Waals surface area contributed by atoms with Gasteiger partial charge in [-0.3, -0.25) is 9.59 Å². The topological polar surface area (TPSA) is 58.2 Å². The van der Waals surface area contributed by atoms with E-state index in [-0.39, 0.29) is 17.7 Å². The minimum absolute atomic E-state index is 0.0102. The summed E-state index contributed by atoms with van der Waals surface area (Å²) >= 11 is 0. The quantitative estimate of drug-likeness (QED) is 0.805. The molecule has 4 nitrogen and oxygen atoms in total. The van der Waals surface area contributed by atoms with Crippen LogP contribution in [0.2, 0.25) is 0 Å². The second-order valence-corrected chi connectivity index (χ2v) is 5.71. The molecule has 0 fully saturated rings. The lowest BCUT2D eigenvalue weighted by atomic mass is 10.1. The van der Waals surface area contributed by atoms with Gasteiger partial charge >= 0.3 is 0 Å². The molecule has 2 aromatic rings. The van der Waals surface area contributed by atoms with E-state index in [2.05, 4.69) is 22.8 Å². The van der Waals surface area contributed by atoms with Crippen molar-refractivity contribution in [1.82, 2.24) is 5.32 Å². The van der Waals surface area contributed by atoms with E-state index in [1.54, 1.807) is 24.3 Å². The summed E-state index contributed by atoms with van der Waals surface area (Å²) in [6.07, 6.45) is 0. The molecular formula is C19H22N2O2. The van der Waals surface area contributed by atoms with Crippen molar-refractivity contribution in [3.05, 3.63) is 65.2 Å². The van der Waals surface area contributed by atoms with Crippen LogP contribution in [0.4, 0.5) is 5.69 Å². The van der Waals surface area contributed by atoms with Crippen LogP contribution in [-0.4, -0.2) is 17.7 Å². The summed E-state index contributed by atoms with van der Waals surface area (Å²) in [6, 6.07) is 14.8. The second kappa shape index (κ2) is 7.70. The van der Waals surface area contributed by atoms with Crippen LogP contribution < -0.4 is 10.6 Å². The van der Waals surface area contributed by atoms with Crippen molar-refractivity contribution in [1.29, 1.82) is 0 Å². The Bertz CT molecular complexity index is 676. The number of anilines is 1. The van der Waals surface area contributed by atoms with E-state index in [1.807, 2.05) is 26.0 Å². The lowest BCUT2D eigenvalue weighted by molar-refractivity contribution is -0.117. The molecule has 1 amide bonds. The molecule has 0 aliphatic heterocycles. The summed E-state index contributed by atoms with van der Waals surface area (Å²) in [5.41, 5.74) is 3.67. The average Bonchev–Trinajstić information content (AvgIpc) is 2.54. The molecule has 0 spiro atoms. The Labute approximate surface area is 136 Å². The van der Waals surface area contributed by atoms with Gasteiger partial charge in [0.1, 0.15) is 0 Å². The Balaban J connectivity index is 1.86. The fourth-order valence-corrected chi connectivity index (χ4v) is 2.11. The number of amides is 1. The van der Waals surface area contributed by atoms with E-state index >= 15 is 0 Å². The van der Waals surface area contributed by atoms with Gasteiger partial charge in [0.05, 0.1) is 6.04 Å². The van der Waals surface area contributed by atoms with Crippen molar-refractivity contribution in [2.24, 2.45) is 0 Å². The summed E-state index contributed by atoms with van der Waals surface area (Å²) in [4.78, 5) is 23.4. The summed E-state index contributed by atoms with van der Waals surface area (Å²) < 4.78 is 0. The molecule has 0 saturated heterocycles. The first kappa shape index (κ1) is 16.9. The van der Waals surface area contributed by atoms with Crippen molar-refractivity contribution in [3.8, 4) is 0 Å². The molecule has 0 heterocycles. The third-order valence-electron chi connectivity index (χ3n) is 3.69. The summed E-state index contributed by atoms with van der Waals surface area (Å²) in [5, 5.41) is 6.04. The fourth-order valence-electron chi connectivity index (χ4n) is 2.11. The second-order valence-electron chi connectivity index (χ2n) is 5.71. The zero-order chi connectivity index (χ0) is 16.8. The first-order chi connectivity index (χ1) is 11.0. The highest BCUT2D eigenvalue weighted by Gasteiger charge is 2.12. The molecule has 120 valence electrons. The van der Waals surface area contributed by atoms with E-state index in [9.17, 15) is 9.59 Å². The maximum atomic E-state index is 12.2. The fraction of sp³-hybridized carbons (Fsp3) is 0.263. The molecule has 0 bridgehead atoms. The molecule has 4 heteroatoms. The average molecular weight is 310 g/mol. The Hall–Kier alpha value is -2.46. The number of rotatable bonds is 6. The summed E-state index contributed by atoms with van der Waals surface area (Å²) in [5.74, 6) is -0.0938. The van der Waals surface area contributed by atoms with Crippen molar-refractivity contribution < 1.29 is 9.59 Å². The number of hydrogen-bond donors (Lipinski definition) is 2. The lowest BCUT2D eigenvalue weighted by Crippen LogP contribution is -2.37. The van der Waals surface area contributed by atoms with E-state index in [4.69, 9.17) is 0 Å². The molecule has 1 atom stereocenters. The Morgan fingerprint density at radius 3 is 2.17 bits per heavy atom. The molecule has 2 N–H and O–H groups in total. The van der Waals surface area contributed by atoms with Crippen molar-refractivity contribution >= 4 is 17.4 Å². The van der Waals surface area contributed by atoms with E-state index < -0.39 is 0 Å². The standard InChI is InChI=1S/C19H22N2O2/c1-13-4-6-16(7-5-13)12-20-14(2)19(23)21-18-10-8-17(9-11-18)15(3)22/h4-11,14,20H,12H2,1-3H3,(H,21,23)/t14-/m0/s1. The molecule has 0 radical (unpaired) electrons. The smallest absolute Gasteiger partial charge is 0.241 e. The highest BCUT2D eigenvalue weighted by molar-refractivity contribution is 5.96. The molecule has 0 aliphatic carbocycles. The predicted octanol–water partition coefficient (Wildman–Crippen LogP) is 3.31. The first-order valence-electron chi connectivity index (χ1n) is 7.66. The number of nitrogens with one attached hydrogen (secondary N) is 2. The number of aryl methyl sites for hydroxylation is 1. The van der Waals surface area contributed by atoms with Gasteiger partial charge in [-0.2, -0.15) is 0 Å². The van der Waals surface area contributed by atoms with Gasteiger partial charge in [-0.05, 0) is 50.6 Å². The molecule has 2 aromatic carbocycles. The van der Waals surface area contributed by atoms with Crippen molar-refractivity contribution in [2.75, 3.05) is 5.32 Å². The van der Waals surface area contributed by atoms with Gasteiger partial charge in [-0.25, -0.2) is 0 Å². The maximum Gasteiger partial charge on any atom is 0.241 e. The van der Waals surface area contributed by atoms with Crippen LogP contribution >= 0.6 is 0 Å². The molecule has 0 aliphatic rings. The van der Waals surface area contributed by atoms with Gasteiger partial charge in [-0.15, -0.1) is 0 Å². The largest absolute Gasteiger partial charge is 0.325 e. The van der Waals surface area contributed by atoms with Crippen LogP contribution in [0, 0.1) is 6.92 Å². The number of carbonyl (C=O) groups excluding carboxylic acids is 2. The van der Waals surface area contributed by atoms with Crippen molar-refractivity contribution in [2.45, 2.75) is 33.4 Å². The molecular weight excluding hydrogens is 288 g/mol. The van der Waals surface area contributed by atoms with Crippen LogP contribution in [0.5, 0.6) is 0 Å². The van der Waals surface area contributed by atoms with Crippen LogP contribution in [0.15, 0.2) is 48.5 Å². The maximum absolute atomic E-state index is 12.2. The van der Waals surface area contributed by atoms with E-state index in [1.165, 1.54) is 12.5 Å². The number of carbonyl (C=O) groups is 2. The molecule has 0 unspecified atom stereocenters. The predicted molar refractivity (Wildman–Crippen MR) is 92.6 cm³/mol. The monoisotopic (exact) mass is 310 g/mol. The zero-order valence-electron chi connectivity index (χ0n) is 13.7. The minimum Gasteiger partial charge on any atom is -0.325 e. The molecule has 0 aromatic heterocycles. The number of benzene rings is 2. The van der Waals surface area contributed by atoms with Gasteiger partial charge in [-0.1, -0.05) is 29.8 Å². The van der Waals surface area contributed by atoms with Gasteiger partial charge in [0.15, 0.2) is 5.78 Å². The van der Waals surface area contributed by atoms with Crippen molar-refractivity contribution in [3.63, 3.8) is 0 Å². The third kappa shape index (κ3) is 5.04. The summed E-state index contributed by atoms with van der Waals surface area (Å²) in [7, 11) is 0. The first-order valence-corrected chi connectivity index (χ1v) is 7.66. The number of hydrogen-bond acceptors (Lipinski definition) is 3. The summed E-state index contributed by atoms with van der Waals surface area (Å²) in [6.45, 7) is 6.03. The SMILES string of the molecule is CC(=O)c1ccc(NC(=O)[C@H](C)NCc2ccc(C)cc2)cc1. The third-order valence-corrected chi connectivity index (χ3v) is 3.69. The normalized spacial score (nSPS) is 11.8. The van der Waals surface area contributed by atoms with Crippen LogP contribution in [0.1, 0.15) is 35.3 Å². The highest BCUT2D eigenvalue weighted by atomic mass is 16.2. The number of ketones is 1.